The molecular weight excluding hydrogens is 874 g/mol. The number of urea groups is 1. The van der Waals surface area contributed by atoms with Crippen molar-refractivity contribution in [3.8, 4) is 11.5 Å². The van der Waals surface area contributed by atoms with Crippen molar-refractivity contribution < 1.29 is 54.3 Å². The van der Waals surface area contributed by atoms with Crippen LogP contribution in [0.5, 0.6) is 0 Å². The highest BCUT2D eigenvalue weighted by atomic mass is 19.4. The summed E-state index contributed by atoms with van der Waals surface area (Å²) in [6.45, 7) is 7.91. The predicted molar refractivity (Wildman–Crippen MR) is 217 cm³/mol. The monoisotopic (exact) mass is 914 g/mol. The van der Waals surface area contributed by atoms with E-state index in [0.717, 1.165) is 23.3 Å². The van der Waals surface area contributed by atoms with Crippen LogP contribution >= 0.6 is 0 Å². The number of carbonyl (C=O) groups excluding carboxylic acids is 4. The summed E-state index contributed by atoms with van der Waals surface area (Å²) in [5, 5.41) is 10.7. The molecule has 1 atom stereocenters. The summed E-state index contributed by atoms with van der Waals surface area (Å²) in [6, 6.07) is 3.43. The van der Waals surface area contributed by atoms with E-state index in [0.29, 0.717) is 45.3 Å². The van der Waals surface area contributed by atoms with Crippen molar-refractivity contribution in [2.24, 2.45) is 5.92 Å². The van der Waals surface area contributed by atoms with Gasteiger partial charge in [0.05, 0.1) is 17.6 Å². The zero-order valence-corrected chi connectivity index (χ0v) is 34.3. The average molecular weight is 915 g/mol. The number of amides is 5. The van der Waals surface area contributed by atoms with Crippen LogP contribution in [0.1, 0.15) is 60.8 Å². The lowest BCUT2D eigenvalue weighted by molar-refractivity contribution is -0.140. The van der Waals surface area contributed by atoms with Crippen molar-refractivity contribution in [2.45, 2.75) is 62.8 Å². The fraction of sp³-hybridized carbons (Fsp3) is 0.463. The highest BCUT2D eigenvalue weighted by molar-refractivity contribution is 6.06. The van der Waals surface area contributed by atoms with Gasteiger partial charge >= 0.3 is 12.2 Å². The highest BCUT2D eigenvalue weighted by Crippen LogP contribution is 2.37. The van der Waals surface area contributed by atoms with Gasteiger partial charge in [-0.1, -0.05) is 0 Å². The van der Waals surface area contributed by atoms with E-state index in [2.05, 4.69) is 35.4 Å². The molecule has 1 saturated carbocycles. The summed E-state index contributed by atoms with van der Waals surface area (Å²) in [5.41, 5.74) is -1.29. The van der Waals surface area contributed by atoms with Crippen molar-refractivity contribution in [3.63, 3.8) is 0 Å². The number of nitrogens with zero attached hydrogens (tertiary/aromatic N) is 9. The van der Waals surface area contributed by atoms with Gasteiger partial charge in [0.15, 0.2) is 23.0 Å². The van der Waals surface area contributed by atoms with Crippen molar-refractivity contribution in [1.82, 2.24) is 34.9 Å². The Morgan fingerprint density at radius 1 is 1.00 bits per heavy atom. The highest BCUT2D eigenvalue weighted by Gasteiger charge is 2.42. The van der Waals surface area contributed by atoms with E-state index < -0.39 is 65.9 Å². The Morgan fingerprint density at radius 3 is 2.40 bits per heavy atom. The van der Waals surface area contributed by atoms with Gasteiger partial charge in [0.25, 0.3) is 12.3 Å². The number of hydrogen-bond acceptors (Lipinski definition) is 11. The zero-order chi connectivity index (χ0) is 46.2. The van der Waals surface area contributed by atoms with Crippen LogP contribution < -0.4 is 25.8 Å². The molecular formula is C41H41F7N12O5. The molecule has 1 aromatic carbocycles. The first-order chi connectivity index (χ1) is 31.0. The third-order valence-electron chi connectivity index (χ3n) is 12.0. The van der Waals surface area contributed by atoms with Gasteiger partial charge < -0.3 is 29.7 Å². The van der Waals surface area contributed by atoms with Crippen molar-refractivity contribution in [1.29, 1.82) is 0 Å². The molecule has 65 heavy (non-hydrogen) atoms. The van der Waals surface area contributed by atoms with E-state index in [1.165, 1.54) is 29.2 Å². The van der Waals surface area contributed by atoms with Gasteiger partial charge in [-0.05, 0) is 49.9 Å². The minimum atomic E-state index is -4.48. The summed E-state index contributed by atoms with van der Waals surface area (Å²) < 4.78 is 103. The lowest BCUT2D eigenvalue weighted by atomic mass is 9.88. The Labute approximate surface area is 365 Å². The SMILES string of the molecule is [C-]#[N+]C[C@@H]1CN(C(=O)C2CN(c3cc(F)c(N4CCC(=O)NC4=O)c(F)c3)C2)CCN1C1CCC(n2cc(NC(=O)c3coc(-c4ccnc(NCC(F)(F)F)c4)n3)c(C(F)F)n2)CC1. The molecule has 0 spiro atoms. The summed E-state index contributed by atoms with van der Waals surface area (Å²) in [5.74, 6) is -4.16. The molecule has 17 nitrogen and oxygen atoms in total. The third kappa shape index (κ3) is 9.83. The van der Waals surface area contributed by atoms with E-state index >= 15 is 8.78 Å². The van der Waals surface area contributed by atoms with Crippen LogP contribution in [0.4, 0.5) is 58.4 Å². The van der Waals surface area contributed by atoms with Crippen LogP contribution in [0.25, 0.3) is 16.3 Å². The van der Waals surface area contributed by atoms with E-state index in [9.17, 15) is 41.1 Å². The molecule has 4 aromatic rings. The number of pyridine rings is 1. The molecule has 0 radical (unpaired) electrons. The number of hydrogen-bond donors (Lipinski definition) is 3. The van der Waals surface area contributed by atoms with Crippen LogP contribution in [0.2, 0.25) is 0 Å². The minimum absolute atomic E-state index is 0.0428. The maximum absolute atomic E-state index is 15.1. The summed E-state index contributed by atoms with van der Waals surface area (Å²) in [7, 11) is 0. The second kappa shape index (κ2) is 18.4. The molecule has 6 heterocycles. The average Bonchev–Trinajstić information content (AvgIpc) is 3.92. The van der Waals surface area contributed by atoms with Crippen LogP contribution in [-0.4, -0.2) is 124 Å². The molecule has 0 bridgehead atoms. The van der Waals surface area contributed by atoms with Crippen molar-refractivity contribution in [2.75, 3.05) is 72.8 Å². The molecule has 8 rings (SSSR count). The molecule has 1 aliphatic carbocycles. The Balaban J connectivity index is 0.840. The number of anilines is 4. The number of aromatic nitrogens is 4. The van der Waals surface area contributed by atoms with Gasteiger partial charge in [0.1, 0.15) is 30.4 Å². The van der Waals surface area contributed by atoms with E-state index in [4.69, 9.17) is 11.0 Å². The second-order valence-electron chi connectivity index (χ2n) is 16.2. The molecule has 4 fully saturated rings. The first-order valence-electron chi connectivity index (χ1n) is 20.7. The summed E-state index contributed by atoms with van der Waals surface area (Å²) in [6.07, 6.45) is -1.68. The third-order valence-corrected chi connectivity index (χ3v) is 12.0. The van der Waals surface area contributed by atoms with Crippen LogP contribution in [-0.2, 0) is 9.59 Å². The number of rotatable bonds is 12. The van der Waals surface area contributed by atoms with Crippen molar-refractivity contribution >= 4 is 46.6 Å². The quantitative estimate of drug-likeness (QED) is 0.114. The standard InChI is InChI=1S/C41H41F7N12O5/c1-49-15-27-18-56(39(63)23-16-57(17-23)26-13-28(42)35(29(43)14-26)59-9-7-33(61)54-40(59)64)10-11-58(27)24-2-4-25(5-3-24)60-19-30(34(55-60)36(44)45)52-37(62)31-20-65-38(53-31)22-6-8-50-32(12-22)51-21-41(46,47)48/h6,8,12-14,19-20,23-25,27,36H,2-5,7,9-11,15-18,21H2,(H,50,51)(H,52,62)(H,54,61,64)/t24?,25?,27-/m1/s1. The maximum Gasteiger partial charge on any atom is 0.405 e. The van der Waals surface area contributed by atoms with Gasteiger partial charge in [0, 0.05) is 75.4 Å². The lowest BCUT2D eigenvalue weighted by Crippen LogP contribution is -2.62. The molecule has 0 unspecified atom stereocenters. The summed E-state index contributed by atoms with van der Waals surface area (Å²) >= 11 is 0. The molecule has 3 saturated heterocycles. The van der Waals surface area contributed by atoms with E-state index in [-0.39, 0.29) is 91.0 Å². The van der Waals surface area contributed by atoms with Gasteiger partial charge in [-0.25, -0.2) is 38.9 Å². The number of nitrogens with one attached hydrogen (secondary N) is 3. The minimum Gasteiger partial charge on any atom is -0.444 e. The zero-order valence-electron chi connectivity index (χ0n) is 34.3. The molecule has 344 valence electrons. The van der Waals surface area contributed by atoms with Gasteiger partial charge in [0.2, 0.25) is 24.2 Å². The Hall–Kier alpha value is -6.77. The number of carbonyl (C=O) groups is 4. The Morgan fingerprint density at radius 2 is 1.72 bits per heavy atom. The first-order valence-corrected chi connectivity index (χ1v) is 20.7. The molecule has 5 amide bonds. The molecule has 24 heteroatoms. The van der Waals surface area contributed by atoms with Crippen LogP contribution in [0.15, 0.2) is 47.3 Å². The van der Waals surface area contributed by atoms with Crippen LogP contribution in [0, 0.1) is 24.1 Å². The van der Waals surface area contributed by atoms with Gasteiger partial charge in [-0.2, -0.15) is 18.3 Å². The fourth-order valence-corrected chi connectivity index (χ4v) is 8.74. The first kappa shape index (κ1) is 44.8. The lowest BCUT2D eigenvalue weighted by Gasteiger charge is -2.48. The smallest absolute Gasteiger partial charge is 0.405 e. The number of halogens is 7. The van der Waals surface area contributed by atoms with E-state index in [1.54, 1.807) is 9.80 Å². The van der Waals surface area contributed by atoms with Gasteiger partial charge in [-0.15, -0.1) is 0 Å². The molecule has 3 aliphatic heterocycles. The predicted octanol–water partition coefficient (Wildman–Crippen LogP) is 5.87. The molecule has 4 aliphatic rings. The topological polar surface area (TPSA) is 178 Å². The fourth-order valence-electron chi connectivity index (χ4n) is 8.74. The number of alkyl halides is 5. The van der Waals surface area contributed by atoms with E-state index in [1.807, 2.05) is 5.32 Å². The molecule has 3 aromatic heterocycles. The number of piperazine rings is 1. The number of oxazole rings is 1. The normalized spacial score (nSPS) is 21.0. The maximum atomic E-state index is 15.1. The van der Waals surface area contributed by atoms with Crippen LogP contribution in [0.3, 0.4) is 0 Å². The Kier molecular flexibility index (Phi) is 12.7. The Bertz CT molecular complexity index is 2470. The molecule has 3 N–H and O–H groups in total. The largest absolute Gasteiger partial charge is 0.444 e. The number of imide groups is 1. The number of benzene rings is 1. The van der Waals surface area contributed by atoms with Gasteiger partial charge in [-0.3, -0.25) is 34.2 Å². The van der Waals surface area contributed by atoms with Crippen molar-refractivity contribution in [3.05, 3.63) is 77.4 Å². The summed E-state index contributed by atoms with van der Waals surface area (Å²) in [4.78, 5) is 68.4. The second-order valence-corrected chi connectivity index (χ2v) is 16.2.